The summed E-state index contributed by atoms with van der Waals surface area (Å²) in [5, 5.41) is 3.02. The van der Waals surface area contributed by atoms with Gasteiger partial charge in [0.05, 0.1) is 11.4 Å². The Morgan fingerprint density at radius 3 is 2.42 bits per heavy atom. The summed E-state index contributed by atoms with van der Waals surface area (Å²) in [6, 6.07) is 16.8. The molecule has 0 bridgehead atoms. The van der Waals surface area contributed by atoms with Gasteiger partial charge in [-0.15, -0.1) is 0 Å². The summed E-state index contributed by atoms with van der Waals surface area (Å²) in [6.07, 6.45) is 5.70. The Balaban J connectivity index is 1.35. The molecule has 2 aromatic rings. The molecule has 26 heavy (non-hydrogen) atoms. The average molecular weight is 349 g/mol. The second-order valence-electron chi connectivity index (χ2n) is 7.64. The van der Waals surface area contributed by atoms with Gasteiger partial charge in [-0.2, -0.15) is 0 Å². The Labute approximate surface area is 155 Å². The standard InChI is InChI=1S/C22H27N3O/c23-20-15-18(22(26)24-19-7-8-19)6-9-21(20)25-12-10-17(11-13-25)14-16-4-2-1-3-5-16/h1-6,9,15,17,19H,7-8,10-14,23H2,(H,24,26). The molecule has 4 rings (SSSR count). The van der Waals surface area contributed by atoms with E-state index in [-0.39, 0.29) is 5.91 Å². The molecular weight excluding hydrogens is 322 g/mol. The minimum absolute atomic E-state index is 0.00711. The van der Waals surface area contributed by atoms with Crippen molar-refractivity contribution >= 4 is 17.3 Å². The quantitative estimate of drug-likeness (QED) is 0.811. The van der Waals surface area contributed by atoms with Gasteiger partial charge in [0.1, 0.15) is 0 Å². The van der Waals surface area contributed by atoms with Crippen molar-refractivity contribution < 1.29 is 4.79 Å². The van der Waals surface area contributed by atoms with Gasteiger partial charge in [-0.1, -0.05) is 30.3 Å². The zero-order valence-corrected chi connectivity index (χ0v) is 15.2. The molecule has 0 radical (unpaired) electrons. The van der Waals surface area contributed by atoms with Crippen molar-refractivity contribution in [1.29, 1.82) is 0 Å². The van der Waals surface area contributed by atoms with E-state index >= 15 is 0 Å². The molecule has 1 saturated heterocycles. The summed E-state index contributed by atoms with van der Waals surface area (Å²) in [4.78, 5) is 14.5. The van der Waals surface area contributed by atoms with Gasteiger partial charge in [-0.25, -0.2) is 0 Å². The van der Waals surface area contributed by atoms with Crippen LogP contribution in [0, 0.1) is 5.92 Å². The largest absolute Gasteiger partial charge is 0.397 e. The number of nitrogens with zero attached hydrogens (tertiary/aromatic N) is 1. The minimum Gasteiger partial charge on any atom is -0.397 e. The first-order valence-electron chi connectivity index (χ1n) is 9.68. The molecule has 2 aromatic carbocycles. The van der Waals surface area contributed by atoms with Crippen LogP contribution in [0.15, 0.2) is 48.5 Å². The van der Waals surface area contributed by atoms with Crippen LogP contribution in [0.4, 0.5) is 11.4 Å². The van der Waals surface area contributed by atoms with Crippen LogP contribution >= 0.6 is 0 Å². The maximum atomic E-state index is 12.2. The van der Waals surface area contributed by atoms with Crippen LogP contribution in [0.1, 0.15) is 41.6 Å². The Kier molecular flexibility index (Phi) is 4.83. The fourth-order valence-electron chi connectivity index (χ4n) is 3.81. The van der Waals surface area contributed by atoms with Crippen LogP contribution in [-0.4, -0.2) is 25.0 Å². The molecular formula is C22H27N3O. The number of rotatable bonds is 5. The van der Waals surface area contributed by atoms with Gasteiger partial charge >= 0.3 is 0 Å². The van der Waals surface area contributed by atoms with E-state index in [4.69, 9.17) is 5.73 Å². The third kappa shape index (κ3) is 4.01. The fraction of sp³-hybridized carbons (Fsp3) is 0.409. The highest BCUT2D eigenvalue weighted by atomic mass is 16.1. The highest BCUT2D eigenvalue weighted by molar-refractivity contribution is 5.96. The van der Waals surface area contributed by atoms with Crippen LogP contribution in [0.2, 0.25) is 0 Å². The lowest BCUT2D eigenvalue weighted by molar-refractivity contribution is 0.0951. The summed E-state index contributed by atoms with van der Waals surface area (Å²) in [5.74, 6) is 0.728. The van der Waals surface area contributed by atoms with Crippen molar-refractivity contribution in [2.45, 2.75) is 38.1 Å². The molecule has 136 valence electrons. The van der Waals surface area contributed by atoms with Gasteiger partial charge in [0.15, 0.2) is 0 Å². The van der Waals surface area contributed by atoms with E-state index < -0.39 is 0 Å². The number of piperidine rings is 1. The van der Waals surface area contributed by atoms with Crippen LogP contribution in [0.3, 0.4) is 0 Å². The fourth-order valence-corrected chi connectivity index (χ4v) is 3.81. The molecule has 1 saturated carbocycles. The monoisotopic (exact) mass is 349 g/mol. The molecule has 4 nitrogen and oxygen atoms in total. The molecule has 4 heteroatoms. The van der Waals surface area contributed by atoms with Crippen molar-refractivity contribution in [2.75, 3.05) is 23.7 Å². The number of carbonyl (C=O) groups excluding carboxylic acids is 1. The van der Waals surface area contributed by atoms with E-state index in [9.17, 15) is 4.79 Å². The van der Waals surface area contributed by atoms with Crippen LogP contribution in [0.5, 0.6) is 0 Å². The lowest BCUT2D eigenvalue weighted by Crippen LogP contribution is -2.35. The van der Waals surface area contributed by atoms with E-state index in [2.05, 4.69) is 40.5 Å². The molecule has 1 aliphatic carbocycles. The summed E-state index contributed by atoms with van der Waals surface area (Å²) in [6.45, 7) is 2.05. The number of hydrogen-bond donors (Lipinski definition) is 2. The van der Waals surface area contributed by atoms with E-state index in [1.165, 1.54) is 18.4 Å². The van der Waals surface area contributed by atoms with Crippen molar-refractivity contribution in [2.24, 2.45) is 5.92 Å². The van der Waals surface area contributed by atoms with E-state index in [1.807, 2.05) is 18.2 Å². The van der Waals surface area contributed by atoms with Crippen molar-refractivity contribution in [3.63, 3.8) is 0 Å². The molecule has 2 fully saturated rings. The number of anilines is 2. The number of amides is 1. The highest BCUT2D eigenvalue weighted by Crippen LogP contribution is 2.30. The van der Waals surface area contributed by atoms with Crippen LogP contribution < -0.4 is 16.0 Å². The number of hydrogen-bond acceptors (Lipinski definition) is 3. The normalized spacial score (nSPS) is 17.9. The van der Waals surface area contributed by atoms with E-state index in [0.717, 1.165) is 44.0 Å². The summed E-state index contributed by atoms with van der Waals surface area (Å²) in [5.41, 5.74) is 10.1. The molecule has 3 N–H and O–H groups in total. The number of nitrogen functional groups attached to an aromatic ring is 1. The maximum absolute atomic E-state index is 12.2. The summed E-state index contributed by atoms with van der Waals surface area (Å²) >= 11 is 0. The molecule has 2 aliphatic rings. The molecule has 1 heterocycles. The van der Waals surface area contributed by atoms with E-state index in [1.54, 1.807) is 0 Å². The number of benzene rings is 2. The van der Waals surface area contributed by atoms with Gasteiger partial charge in [0, 0.05) is 24.7 Å². The van der Waals surface area contributed by atoms with Crippen LogP contribution in [-0.2, 0) is 6.42 Å². The van der Waals surface area contributed by atoms with Gasteiger partial charge in [-0.05, 0) is 61.8 Å². The number of carbonyl (C=O) groups is 1. The Bertz CT molecular complexity index is 762. The number of nitrogens with two attached hydrogens (primary N) is 1. The average Bonchev–Trinajstić information content (AvgIpc) is 3.47. The highest BCUT2D eigenvalue weighted by Gasteiger charge is 2.25. The zero-order valence-electron chi connectivity index (χ0n) is 15.2. The molecule has 0 unspecified atom stereocenters. The first-order valence-corrected chi connectivity index (χ1v) is 9.68. The maximum Gasteiger partial charge on any atom is 0.251 e. The lowest BCUT2D eigenvalue weighted by Gasteiger charge is -2.34. The van der Waals surface area contributed by atoms with Crippen molar-refractivity contribution in [3.05, 3.63) is 59.7 Å². The zero-order chi connectivity index (χ0) is 17.9. The Hall–Kier alpha value is -2.49. The first-order chi connectivity index (χ1) is 12.7. The summed E-state index contributed by atoms with van der Waals surface area (Å²) in [7, 11) is 0. The lowest BCUT2D eigenvalue weighted by atomic mass is 9.90. The third-order valence-corrected chi connectivity index (χ3v) is 5.52. The van der Waals surface area contributed by atoms with E-state index in [0.29, 0.717) is 17.3 Å². The molecule has 0 spiro atoms. The molecule has 1 aliphatic heterocycles. The van der Waals surface area contributed by atoms with Crippen LogP contribution in [0.25, 0.3) is 0 Å². The number of nitrogens with one attached hydrogen (secondary N) is 1. The Morgan fingerprint density at radius 1 is 1.04 bits per heavy atom. The second kappa shape index (κ2) is 7.40. The Morgan fingerprint density at radius 2 is 1.77 bits per heavy atom. The first kappa shape index (κ1) is 17.0. The molecule has 1 amide bonds. The predicted octanol–water partition coefficient (Wildman–Crippen LogP) is 3.62. The van der Waals surface area contributed by atoms with Gasteiger partial charge in [0.2, 0.25) is 0 Å². The SMILES string of the molecule is Nc1cc(C(=O)NC2CC2)ccc1N1CCC(Cc2ccccc2)CC1. The summed E-state index contributed by atoms with van der Waals surface area (Å²) < 4.78 is 0. The smallest absolute Gasteiger partial charge is 0.251 e. The van der Waals surface area contributed by atoms with Gasteiger partial charge in [-0.3, -0.25) is 4.79 Å². The predicted molar refractivity (Wildman–Crippen MR) is 106 cm³/mol. The van der Waals surface area contributed by atoms with Gasteiger partial charge in [0.25, 0.3) is 5.91 Å². The van der Waals surface area contributed by atoms with Crippen molar-refractivity contribution in [1.82, 2.24) is 5.32 Å². The van der Waals surface area contributed by atoms with Gasteiger partial charge < -0.3 is 16.0 Å². The van der Waals surface area contributed by atoms with Crippen molar-refractivity contribution in [3.8, 4) is 0 Å². The minimum atomic E-state index is -0.00711. The molecule has 0 atom stereocenters. The topological polar surface area (TPSA) is 58.4 Å². The third-order valence-electron chi connectivity index (χ3n) is 5.52. The second-order valence-corrected chi connectivity index (χ2v) is 7.64. The molecule has 0 aromatic heterocycles.